The molecule has 3 aliphatic heterocycles. The van der Waals surface area contributed by atoms with Crippen molar-refractivity contribution >= 4 is 5.97 Å². The largest absolute Gasteiger partial charge is 0.461 e. The highest BCUT2D eigenvalue weighted by Crippen LogP contribution is 2.50. The SMILES string of the molecule is CC(=O)OCC1=C[C@H]2OC(C)(C)O[C@H]3[C@@H]4OC[C@@H](O4)[C@@H](C1)[C@H]32. The van der Waals surface area contributed by atoms with Crippen LogP contribution in [-0.2, 0) is 28.5 Å². The van der Waals surface area contributed by atoms with Gasteiger partial charge in [-0.05, 0) is 31.8 Å². The highest BCUT2D eigenvalue weighted by molar-refractivity contribution is 5.66. The smallest absolute Gasteiger partial charge is 0.302 e. The first-order valence-electron chi connectivity index (χ1n) is 7.88. The van der Waals surface area contributed by atoms with Crippen molar-refractivity contribution in [2.24, 2.45) is 11.8 Å². The Morgan fingerprint density at radius 3 is 3.00 bits per heavy atom. The molecule has 0 N–H and O–H groups in total. The zero-order chi connectivity index (χ0) is 15.5. The fraction of sp³-hybridized carbons (Fsp3) is 0.812. The van der Waals surface area contributed by atoms with Gasteiger partial charge in [-0.1, -0.05) is 6.08 Å². The lowest BCUT2D eigenvalue weighted by atomic mass is 9.70. The fourth-order valence-electron chi connectivity index (χ4n) is 4.15. The van der Waals surface area contributed by atoms with E-state index in [0.717, 1.165) is 12.0 Å². The molecule has 0 spiro atoms. The summed E-state index contributed by atoms with van der Waals surface area (Å²) in [4.78, 5) is 11.1. The summed E-state index contributed by atoms with van der Waals surface area (Å²) in [6.07, 6.45) is 2.56. The molecule has 0 unspecified atom stereocenters. The molecule has 22 heavy (non-hydrogen) atoms. The van der Waals surface area contributed by atoms with E-state index in [0.29, 0.717) is 13.2 Å². The Morgan fingerprint density at radius 1 is 1.41 bits per heavy atom. The Balaban J connectivity index is 1.63. The summed E-state index contributed by atoms with van der Waals surface area (Å²) in [7, 11) is 0. The molecule has 3 heterocycles. The number of carbonyl (C=O) groups excluding carboxylic acids is 1. The molecule has 1 aliphatic carbocycles. The van der Waals surface area contributed by atoms with Gasteiger partial charge in [0.15, 0.2) is 12.1 Å². The lowest BCUT2D eigenvalue weighted by Crippen LogP contribution is -2.61. The number of hydrogen-bond donors (Lipinski definition) is 0. The number of hydrogen-bond acceptors (Lipinski definition) is 6. The summed E-state index contributed by atoms with van der Waals surface area (Å²) in [6.45, 7) is 6.16. The van der Waals surface area contributed by atoms with E-state index in [9.17, 15) is 4.79 Å². The van der Waals surface area contributed by atoms with Gasteiger partial charge in [0, 0.05) is 12.8 Å². The first-order chi connectivity index (χ1) is 10.4. The Morgan fingerprint density at radius 2 is 2.23 bits per heavy atom. The summed E-state index contributed by atoms with van der Waals surface area (Å²) in [5.74, 6) is -0.433. The van der Waals surface area contributed by atoms with Gasteiger partial charge >= 0.3 is 5.97 Å². The predicted octanol–water partition coefficient (Wildman–Crippen LogP) is 1.39. The number of fused-ring (bicyclic) bond motifs is 4. The van der Waals surface area contributed by atoms with Crippen LogP contribution in [0.25, 0.3) is 0 Å². The second-order valence-electron chi connectivity index (χ2n) is 6.99. The summed E-state index contributed by atoms with van der Waals surface area (Å²) in [6, 6.07) is 0. The normalized spacial score (nSPS) is 45.0. The van der Waals surface area contributed by atoms with Crippen LogP contribution in [0.3, 0.4) is 0 Å². The minimum Gasteiger partial charge on any atom is -0.461 e. The number of rotatable bonds is 2. The first-order valence-corrected chi connectivity index (χ1v) is 7.88. The Bertz CT molecular complexity index is 513. The highest BCUT2D eigenvalue weighted by atomic mass is 16.8. The van der Waals surface area contributed by atoms with Crippen molar-refractivity contribution in [3.8, 4) is 0 Å². The fourth-order valence-corrected chi connectivity index (χ4v) is 4.15. The third kappa shape index (κ3) is 2.38. The van der Waals surface area contributed by atoms with Crippen LogP contribution in [0.1, 0.15) is 27.2 Å². The van der Waals surface area contributed by atoms with E-state index >= 15 is 0 Å². The topological polar surface area (TPSA) is 63.2 Å². The molecule has 0 aromatic heterocycles. The molecule has 0 amide bonds. The number of carbonyl (C=O) groups is 1. The van der Waals surface area contributed by atoms with E-state index < -0.39 is 5.79 Å². The summed E-state index contributed by atoms with van der Waals surface area (Å²) >= 11 is 0. The predicted molar refractivity (Wildman–Crippen MR) is 74.8 cm³/mol. The molecule has 4 aliphatic rings. The van der Waals surface area contributed by atoms with Crippen molar-refractivity contribution in [2.75, 3.05) is 13.2 Å². The van der Waals surface area contributed by atoms with Gasteiger partial charge in [0.25, 0.3) is 0 Å². The van der Waals surface area contributed by atoms with Crippen molar-refractivity contribution in [3.05, 3.63) is 11.6 Å². The van der Waals surface area contributed by atoms with E-state index in [4.69, 9.17) is 23.7 Å². The van der Waals surface area contributed by atoms with Crippen molar-refractivity contribution < 1.29 is 28.5 Å². The van der Waals surface area contributed by atoms with Crippen molar-refractivity contribution in [2.45, 2.75) is 57.6 Å². The second-order valence-corrected chi connectivity index (χ2v) is 6.99. The molecular formula is C16H22O6. The molecule has 0 saturated carbocycles. The molecule has 0 aromatic rings. The number of esters is 1. The molecule has 2 bridgehead atoms. The first kappa shape index (κ1) is 14.6. The zero-order valence-electron chi connectivity index (χ0n) is 13.1. The van der Waals surface area contributed by atoms with Gasteiger partial charge in [-0.15, -0.1) is 0 Å². The molecule has 6 atom stereocenters. The summed E-state index contributed by atoms with van der Waals surface area (Å²) in [5, 5.41) is 0. The van der Waals surface area contributed by atoms with E-state index in [1.54, 1.807) is 0 Å². The van der Waals surface area contributed by atoms with Crippen LogP contribution >= 0.6 is 0 Å². The van der Waals surface area contributed by atoms with Crippen LogP contribution in [-0.4, -0.2) is 49.6 Å². The van der Waals surface area contributed by atoms with Gasteiger partial charge in [-0.3, -0.25) is 4.79 Å². The molecule has 0 radical (unpaired) electrons. The minimum absolute atomic E-state index is 0.0475. The molecule has 0 aromatic carbocycles. The highest BCUT2D eigenvalue weighted by Gasteiger charge is 2.59. The standard InChI is InChI=1S/C16H22O6/c1-8(17)18-6-9-4-10-12-7-19-15(20-12)14-13(10)11(5-9)21-16(2,3)22-14/h5,10-15H,4,6-7H2,1-3H3/t10-,11-,12-,13+,14-,15-/m1/s1. The molecule has 122 valence electrons. The van der Waals surface area contributed by atoms with Gasteiger partial charge in [0.1, 0.15) is 12.7 Å². The van der Waals surface area contributed by atoms with E-state index in [2.05, 4.69) is 6.08 Å². The van der Waals surface area contributed by atoms with Gasteiger partial charge < -0.3 is 23.7 Å². The quantitative estimate of drug-likeness (QED) is 0.567. The maximum absolute atomic E-state index is 11.1. The van der Waals surface area contributed by atoms with Crippen molar-refractivity contribution in [3.63, 3.8) is 0 Å². The average Bonchev–Trinajstić information content (AvgIpc) is 2.86. The maximum Gasteiger partial charge on any atom is 0.302 e. The van der Waals surface area contributed by atoms with Gasteiger partial charge in [-0.25, -0.2) is 0 Å². The monoisotopic (exact) mass is 310 g/mol. The van der Waals surface area contributed by atoms with E-state index in [1.165, 1.54) is 6.92 Å². The molecule has 4 rings (SSSR count). The molecule has 6 nitrogen and oxygen atoms in total. The van der Waals surface area contributed by atoms with Gasteiger partial charge in [0.05, 0.1) is 18.8 Å². The van der Waals surface area contributed by atoms with Crippen molar-refractivity contribution in [1.82, 2.24) is 0 Å². The van der Waals surface area contributed by atoms with Crippen LogP contribution < -0.4 is 0 Å². The molecule has 6 heteroatoms. The number of ether oxygens (including phenoxy) is 5. The molecule has 3 fully saturated rings. The van der Waals surface area contributed by atoms with E-state index in [1.807, 2.05) is 13.8 Å². The third-order valence-corrected chi connectivity index (χ3v) is 4.93. The summed E-state index contributed by atoms with van der Waals surface area (Å²) < 4.78 is 29.1. The van der Waals surface area contributed by atoms with Crippen LogP contribution in [0.2, 0.25) is 0 Å². The minimum atomic E-state index is -0.682. The summed E-state index contributed by atoms with van der Waals surface area (Å²) in [5.41, 5.74) is 1.09. The van der Waals surface area contributed by atoms with Crippen LogP contribution in [0, 0.1) is 11.8 Å². The Labute approximate surface area is 129 Å². The second kappa shape index (κ2) is 5.03. The van der Waals surface area contributed by atoms with Crippen molar-refractivity contribution in [1.29, 1.82) is 0 Å². The zero-order valence-corrected chi connectivity index (χ0v) is 13.1. The lowest BCUT2D eigenvalue weighted by molar-refractivity contribution is -0.365. The van der Waals surface area contributed by atoms with Crippen LogP contribution in [0.15, 0.2) is 11.6 Å². The Kier molecular flexibility index (Phi) is 3.34. The average molecular weight is 310 g/mol. The Hall–Kier alpha value is -0.950. The maximum atomic E-state index is 11.1. The molecular weight excluding hydrogens is 288 g/mol. The van der Waals surface area contributed by atoms with Gasteiger partial charge in [-0.2, -0.15) is 0 Å². The van der Waals surface area contributed by atoms with E-state index in [-0.39, 0.29) is 42.4 Å². The van der Waals surface area contributed by atoms with Gasteiger partial charge in [0.2, 0.25) is 0 Å². The third-order valence-electron chi connectivity index (χ3n) is 4.93. The van der Waals surface area contributed by atoms with Crippen LogP contribution in [0.4, 0.5) is 0 Å². The van der Waals surface area contributed by atoms with Crippen LogP contribution in [0.5, 0.6) is 0 Å². The lowest BCUT2D eigenvalue weighted by Gasteiger charge is -2.53. The molecule has 3 saturated heterocycles.